The summed E-state index contributed by atoms with van der Waals surface area (Å²) in [5, 5.41) is 0.656. The summed E-state index contributed by atoms with van der Waals surface area (Å²) < 4.78 is 11.2. The molecule has 3 heteroatoms. The maximum absolute atomic E-state index is 5.99. The Hall–Kier alpha value is -1.67. The Labute approximate surface area is 118 Å². The van der Waals surface area contributed by atoms with Crippen LogP contribution in [-0.4, -0.2) is 13.2 Å². The van der Waals surface area contributed by atoms with Crippen molar-refractivity contribution < 1.29 is 9.47 Å². The summed E-state index contributed by atoms with van der Waals surface area (Å²) in [6, 6.07) is 17.3. The highest BCUT2D eigenvalue weighted by Gasteiger charge is 1.99. The number of unbranched alkanes of at least 4 members (excludes halogenated alkanes) is 1. The van der Waals surface area contributed by atoms with E-state index in [4.69, 9.17) is 21.1 Å². The van der Waals surface area contributed by atoms with E-state index in [1.807, 2.05) is 54.6 Å². The van der Waals surface area contributed by atoms with E-state index in [2.05, 4.69) is 0 Å². The Balaban J connectivity index is 1.59. The fourth-order valence-electron chi connectivity index (χ4n) is 1.65. The highest BCUT2D eigenvalue weighted by atomic mass is 35.5. The van der Waals surface area contributed by atoms with Crippen molar-refractivity contribution in [2.45, 2.75) is 12.8 Å². The van der Waals surface area contributed by atoms with E-state index in [1.54, 1.807) is 0 Å². The first-order chi connectivity index (χ1) is 9.36. The van der Waals surface area contributed by atoms with E-state index >= 15 is 0 Å². The van der Waals surface area contributed by atoms with Gasteiger partial charge in [-0.1, -0.05) is 41.9 Å². The van der Waals surface area contributed by atoms with Crippen molar-refractivity contribution in [1.29, 1.82) is 0 Å². The van der Waals surface area contributed by atoms with Crippen molar-refractivity contribution in [2.75, 3.05) is 13.2 Å². The minimum atomic E-state index is 0.655. The summed E-state index contributed by atoms with van der Waals surface area (Å²) >= 11 is 5.99. The molecule has 100 valence electrons. The molecule has 0 fully saturated rings. The first kappa shape index (κ1) is 13.8. The molecule has 0 saturated heterocycles. The van der Waals surface area contributed by atoms with Crippen molar-refractivity contribution in [3.05, 3.63) is 59.6 Å². The van der Waals surface area contributed by atoms with Crippen LogP contribution < -0.4 is 9.47 Å². The Morgan fingerprint density at radius 1 is 0.737 bits per heavy atom. The van der Waals surface area contributed by atoms with Gasteiger partial charge in [-0.05, 0) is 37.1 Å². The molecule has 19 heavy (non-hydrogen) atoms. The third-order valence-corrected chi connectivity index (χ3v) is 2.96. The summed E-state index contributed by atoms with van der Waals surface area (Å²) in [5.41, 5.74) is 0. The number of halogens is 1. The predicted octanol–water partition coefficient (Wildman–Crippen LogP) is 4.58. The normalized spacial score (nSPS) is 10.2. The van der Waals surface area contributed by atoms with Crippen molar-refractivity contribution >= 4 is 11.6 Å². The largest absolute Gasteiger partial charge is 0.494 e. The van der Waals surface area contributed by atoms with E-state index in [9.17, 15) is 0 Å². The van der Waals surface area contributed by atoms with Crippen LogP contribution in [0, 0.1) is 0 Å². The number of hydrogen-bond donors (Lipinski definition) is 0. The van der Waals surface area contributed by atoms with Gasteiger partial charge < -0.3 is 9.47 Å². The molecule has 0 aliphatic carbocycles. The molecular weight excluding hydrogens is 260 g/mol. The molecule has 0 heterocycles. The first-order valence-electron chi connectivity index (χ1n) is 6.41. The summed E-state index contributed by atoms with van der Waals surface area (Å²) in [6.07, 6.45) is 1.90. The van der Waals surface area contributed by atoms with Crippen LogP contribution in [0.5, 0.6) is 11.5 Å². The summed E-state index contributed by atoms with van der Waals surface area (Å²) in [5.74, 6) is 1.66. The fraction of sp³-hybridized carbons (Fsp3) is 0.250. The zero-order chi connectivity index (χ0) is 13.3. The number of rotatable bonds is 7. The minimum absolute atomic E-state index is 0.655. The maximum Gasteiger partial charge on any atom is 0.137 e. The zero-order valence-electron chi connectivity index (χ0n) is 10.7. The van der Waals surface area contributed by atoms with Crippen LogP contribution in [0.1, 0.15) is 12.8 Å². The first-order valence-corrected chi connectivity index (χ1v) is 6.79. The van der Waals surface area contributed by atoms with Crippen molar-refractivity contribution in [1.82, 2.24) is 0 Å². The molecule has 0 spiro atoms. The van der Waals surface area contributed by atoms with Crippen molar-refractivity contribution in [2.24, 2.45) is 0 Å². The molecule has 0 aromatic heterocycles. The Bertz CT molecular complexity index is 485. The molecule has 0 aliphatic heterocycles. The molecule has 0 bridgehead atoms. The molecule has 2 aromatic carbocycles. The van der Waals surface area contributed by atoms with Crippen LogP contribution in [0.25, 0.3) is 0 Å². The van der Waals surface area contributed by atoms with E-state index in [0.717, 1.165) is 24.3 Å². The van der Waals surface area contributed by atoms with Gasteiger partial charge in [0, 0.05) is 0 Å². The van der Waals surface area contributed by atoms with Gasteiger partial charge in [-0.15, -0.1) is 0 Å². The summed E-state index contributed by atoms with van der Waals surface area (Å²) in [7, 11) is 0. The Morgan fingerprint density at radius 2 is 1.37 bits per heavy atom. The maximum atomic E-state index is 5.99. The van der Waals surface area contributed by atoms with Gasteiger partial charge in [0.1, 0.15) is 11.5 Å². The molecule has 2 rings (SSSR count). The van der Waals surface area contributed by atoms with Gasteiger partial charge in [-0.25, -0.2) is 0 Å². The average Bonchev–Trinajstić information content (AvgIpc) is 2.45. The second-order valence-electron chi connectivity index (χ2n) is 4.15. The molecule has 0 N–H and O–H groups in total. The SMILES string of the molecule is Clc1ccccc1OCCCCOc1ccccc1. The zero-order valence-corrected chi connectivity index (χ0v) is 11.5. The van der Waals surface area contributed by atoms with Crippen LogP contribution in [0.15, 0.2) is 54.6 Å². The molecule has 2 nitrogen and oxygen atoms in total. The fourth-order valence-corrected chi connectivity index (χ4v) is 1.85. The topological polar surface area (TPSA) is 18.5 Å². The van der Waals surface area contributed by atoms with Crippen LogP contribution >= 0.6 is 11.6 Å². The average molecular weight is 277 g/mol. The van der Waals surface area contributed by atoms with E-state index in [-0.39, 0.29) is 0 Å². The van der Waals surface area contributed by atoms with Crippen molar-refractivity contribution in [3.63, 3.8) is 0 Å². The molecular formula is C16H17ClO2. The number of para-hydroxylation sites is 2. The van der Waals surface area contributed by atoms with E-state index in [0.29, 0.717) is 18.2 Å². The van der Waals surface area contributed by atoms with E-state index < -0.39 is 0 Å². The van der Waals surface area contributed by atoms with Crippen LogP contribution in [0.3, 0.4) is 0 Å². The van der Waals surface area contributed by atoms with Gasteiger partial charge in [-0.2, -0.15) is 0 Å². The van der Waals surface area contributed by atoms with Gasteiger partial charge in [0.05, 0.1) is 18.2 Å². The van der Waals surface area contributed by atoms with Crippen molar-refractivity contribution in [3.8, 4) is 11.5 Å². The van der Waals surface area contributed by atoms with Gasteiger partial charge in [0.2, 0.25) is 0 Å². The van der Waals surface area contributed by atoms with Crippen LogP contribution in [-0.2, 0) is 0 Å². The lowest BCUT2D eigenvalue weighted by Crippen LogP contribution is -2.02. The summed E-state index contributed by atoms with van der Waals surface area (Å²) in [6.45, 7) is 1.36. The van der Waals surface area contributed by atoms with Crippen LogP contribution in [0.4, 0.5) is 0 Å². The monoisotopic (exact) mass is 276 g/mol. The lowest BCUT2D eigenvalue weighted by molar-refractivity contribution is 0.266. The highest BCUT2D eigenvalue weighted by Crippen LogP contribution is 2.23. The second kappa shape index (κ2) is 7.70. The number of hydrogen-bond acceptors (Lipinski definition) is 2. The van der Waals surface area contributed by atoms with E-state index in [1.165, 1.54) is 0 Å². The standard InChI is InChI=1S/C16H17ClO2/c17-15-10-4-5-11-16(15)19-13-7-6-12-18-14-8-2-1-3-9-14/h1-5,8-11H,6-7,12-13H2. The van der Waals surface area contributed by atoms with Gasteiger partial charge in [-0.3, -0.25) is 0 Å². The smallest absolute Gasteiger partial charge is 0.137 e. The second-order valence-corrected chi connectivity index (χ2v) is 4.55. The molecule has 0 amide bonds. The third-order valence-electron chi connectivity index (χ3n) is 2.64. The minimum Gasteiger partial charge on any atom is -0.494 e. The third kappa shape index (κ3) is 4.84. The molecule has 2 aromatic rings. The molecule has 0 atom stereocenters. The summed E-state index contributed by atoms with van der Waals surface area (Å²) in [4.78, 5) is 0. The lowest BCUT2D eigenvalue weighted by Gasteiger charge is -2.08. The molecule has 0 radical (unpaired) electrons. The lowest BCUT2D eigenvalue weighted by atomic mass is 10.3. The highest BCUT2D eigenvalue weighted by molar-refractivity contribution is 6.32. The molecule has 0 saturated carbocycles. The number of ether oxygens (including phenoxy) is 2. The van der Waals surface area contributed by atoms with Crippen LogP contribution in [0.2, 0.25) is 5.02 Å². The predicted molar refractivity (Wildman–Crippen MR) is 78.1 cm³/mol. The molecule has 0 unspecified atom stereocenters. The Kier molecular flexibility index (Phi) is 5.57. The van der Waals surface area contributed by atoms with Gasteiger partial charge >= 0.3 is 0 Å². The van der Waals surface area contributed by atoms with Gasteiger partial charge in [0.15, 0.2) is 0 Å². The quantitative estimate of drug-likeness (QED) is 0.689. The molecule has 0 aliphatic rings. The van der Waals surface area contributed by atoms with Gasteiger partial charge in [0.25, 0.3) is 0 Å². The Morgan fingerprint density at radius 3 is 2.11 bits per heavy atom. The number of benzene rings is 2.